The summed E-state index contributed by atoms with van der Waals surface area (Å²) in [7, 11) is 1.89. The smallest absolute Gasteiger partial charge is 0.309 e. The van der Waals surface area contributed by atoms with Crippen molar-refractivity contribution in [3.8, 4) is 0 Å². The number of hydrogen-bond donors (Lipinski definition) is 1. The van der Waals surface area contributed by atoms with Gasteiger partial charge >= 0.3 is 5.97 Å². The van der Waals surface area contributed by atoms with E-state index < -0.39 is 5.97 Å². The quantitative estimate of drug-likeness (QED) is 0.768. The third-order valence-corrected chi connectivity index (χ3v) is 2.31. The van der Waals surface area contributed by atoms with E-state index in [-0.39, 0.29) is 6.42 Å². The SMILES string of the molecule is CCc1c(C)cn(C)c1CC(=O)O. The first-order chi connectivity index (χ1) is 6.06. The molecule has 0 bridgehead atoms. The summed E-state index contributed by atoms with van der Waals surface area (Å²) >= 11 is 0. The maximum absolute atomic E-state index is 10.6. The van der Waals surface area contributed by atoms with Gasteiger partial charge in [0.05, 0.1) is 6.42 Å². The van der Waals surface area contributed by atoms with E-state index in [1.807, 2.05) is 31.7 Å². The van der Waals surface area contributed by atoms with Crippen molar-refractivity contribution in [3.63, 3.8) is 0 Å². The van der Waals surface area contributed by atoms with Crippen molar-refractivity contribution in [2.75, 3.05) is 0 Å². The Hall–Kier alpha value is -1.25. The molecule has 3 nitrogen and oxygen atoms in total. The van der Waals surface area contributed by atoms with Gasteiger partial charge in [-0.15, -0.1) is 0 Å². The molecule has 1 rings (SSSR count). The number of rotatable bonds is 3. The Balaban J connectivity index is 3.09. The van der Waals surface area contributed by atoms with Crippen LogP contribution in [0.4, 0.5) is 0 Å². The lowest BCUT2D eigenvalue weighted by Crippen LogP contribution is -2.06. The number of carboxylic acids is 1. The van der Waals surface area contributed by atoms with Crippen LogP contribution in [0, 0.1) is 6.92 Å². The molecule has 0 aromatic carbocycles. The predicted molar refractivity (Wildman–Crippen MR) is 50.9 cm³/mol. The number of aliphatic carboxylic acids is 1. The summed E-state index contributed by atoms with van der Waals surface area (Å²) in [5, 5.41) is 8.71. The molecule has 3 heteroatoms. The molecule has 0 amide bonds. The summed E-state index contributed by atoms with van der Waals surface area (Å²) < 4.78 is 1.91. The van der Waals surface area contributed by atoms with Crippen LogP contribution in [0.15, 0.2) is 6.20 Å². The summed E-state index contributed by atoms with van der Waals surface area (Å²) in [6, 6.07) is 0. The second-order valence-electron chi connectivity index (χ2n) is 3.27. The monoisotopic (exact) mass is 181 g/mol. The summed E-state index contributed by atoms with van der Waals surface area (Å²) in [5.41, 5.74) is 3.28. The van der Waals surface area contributed by atoms with Crippen LogP contribution in [-0.2, 0) is 24.7 Å². The minimum Gasteiger partial charge on any atom is -0.481 e. The minimum absolute atomic E-state index is 0.119. The van der Waals surface area contributed by atoms with E-state index in [1.165, 1.54) is 11.1 Å². The number of nitrogens with zero attached hydrogens (tertiary/aromatic N) is 1. The molecular weight excluding hydrogens is 166 g/mol. The molecule has 0 saturated carbocycles. The van der Waals surface area contributed by atoms with Gasteiger partial charge in [0, 0.05) is 18.9 Å². The molecule has 0 aliphatic carbocycles. The van der Waals surface area contributed by atoms with Gasteiger partial charge in [0.15, 0.2) is 0 Å². The van der Waals surface area contributed by atoms with Gasteiger partial charge in [0.1, 0.15) is 0 Å². The number of carbonyl (C=O) groups is 1. The molecule has 1 aromatic heterocycles. The largest absolute Gasteiger partial charge is 0.481 e. The lowest BCUT2D eigenvalue weighted by Gasteiger charge is -2.03. The first-order valence-corrected chi connectivity index (χ1v) is 4.41. The highest BCUT2D eigenvalue weighted by Gasteiger charge is 2.12. The second kappa shape index (κ2) is 3.64. The standard InChI is InChI=1S/C10H15NO2/c1-4-8-7(2)6-11(3)9(8)5-10(12)13/h6H,4-5H2,1-3H3,(H,12,13). The fourth-order valence-electron chi connectivity index (χ4n) is 1.74. The van der Waals surface area contributed by atoms with Crippen LogP contribution in [0.2, 0.25) is 0 Å². The molecule has 72 valence electrons. The van der Waals surface area contributed by atoms with Gasteiger partial charge in [0.2, 0.25) is 0 Å². The van der Waals surface area contributed by atoms with Crippen molar-refractivity contribution < 1.29 is 9.90 Å². The first-order valence-electron chi connectivity index (χ1n) is 4.41. The maximum Gasteiger partial charge on any atom is 0.309 e. The number of aryl methyl sites for hydroxylation is 2. The van der Waals surface area contributed by atoms with Crippen LogP contribution in [0.25, 0.3) is 0 Å². The molecule has 13 heavy (non-hydrogen) atoms. The van der Waals surface area contributed by atoms with Crippen molar-refractivity contribution in [2.24, 2.45) is 7.05 Å². The van der Waals surface area contributed by atoms with Crippen LogP contribution < -0.4 is 0 Å². The molecule has 1 heterocycles. The van der Waals surface area contributed by atoms with Crippen molar-refractivity contribution in [3.05, 3.63) is 23.0 Å². The Kier molecular flexibility index (Phi) is 2.76. The Morgan fingerprint density at radius 1 is 1.62 bits per heavy atom. The Morgan fingerprint density at radius 2 is 2.23 bits per heavy atom. The van der Waals surface area contributed by atoms with Gasteiger partial charge < -0.3 is 9.67 Å². The molecule has 0 aliphatic rings. The van der Waals surface area contributed by atoms with Gasteiger partial charge in [-0.05, 0) is 24.5 Å². The summed E-state index contributed by atoms with van der Waals surface area (Å²) in [5.74, 6) is -0.768. The highest BCUT2D eigenvalue weighted by molar-refractivity contribution is 5.70. The zero-order chi connectivity index (χ0) is 10.0. The Morgan fingerprint density at radius 3 is 2.69 bits per heavy atom. The van der Waals surface area contributed by atoms with Crippen LogP contribution in [0.3, 0.4) is 0 Å². The average molecular weight is 181 g/mol. The summed E-state index contributed by atoms with van der Waals surface area (Å²) in [4.78, 5) is 10.6. The Bertz CT molecular complexity index is 326. The van der Waals surface area contributed by atoms with Crippen LogP contribution >= 0.6 is 0 Å². The third kappa shape index (κ3) is 1.91. The highest BCUT2D eigenvalue weighted by Crippen LogP contribution is 2.17. The molecule has 0 radical (unpaired) electrons. The molecular formula is C10H15NO2. The fourth-order valence-corrected chi connectivity index (χ4v) is 1.74. The average Bonchev–Trinajstić information content (AvgIpc) is 2.26. The number of aromatic nitrogens is 1. The normalized spacial score (nSPS) is 10.4. The van der Waals surface area contributed by atoms with Gasteiger partial charge in [0.25, 0.3) is 0 Å². The molecule has 0 fully saturated rings. The third-order valence-electron chi connectivity index (χ3n) is 2.31. The van der Waals surface area contributed by atoms with Crippen molar-refractivity contribution in [1.82, 2.24) is 4.57 Å². The first kappa shape index (κ1) is 9.84. The van der Waals surface area contributed by atoms with E-state index in [9.17, 15) is 4.79 Å². The van der Waals surface area contributed by atoms with Crippen molar-refractivity contribution in [1.29, 1.82) is 0 Å². The van der Waals surface area contributed by atoms with E-state index in [0.29, 0.717) is 0 Å². The minimum atomic E-state index is -0.768. The second-order valence-corrected chi connectivity index (χ2v) is 3.27. The molecule has 0 spiro atoms. The van der Waals surface area contributed by atoms with Gasteiger partial charge in [-0.3, -0.25) is 4.79 Å². The molecule has 0 saturated heterocycles. The van der Waals surface area contributed by atoms with Crippen molar-refractivity contribution >= 4 is 5.97 Å². The Labute approximate surface area is 78.0 Å². The molecule has 0 atom stereocenters. The molecule has 0 aliphatic heterocycles. The predicted octanol–water partition coefficient (Wildman–Crippen LogP) is 1.52. The zero-order valence-corrected chi connectivity index (χ0v) is 8.29. The number of hydrogen-bond acceptors (Lipinski definition) is 1. The van der Waals surface area contributed by atoms with E-state index in [4.69, 9.17) is 5.11 Å². The number of carboxylic acid groups (broad SMARTS) is 1. The van der Waals surface area contributed by atoms with Crippen molar-refractivity contribution in [2.45, 2.75) is 26.7 Å². The molecule has 1 N–H and O–H groups in total. The van der Waals surface area contributed by atoms with E-state index in [2.05, 4.69) is 0 Å². The lowest BCUT2D eigenvalue weighted by molar-refractivity contribution is -0.136. The van der Waals surface area contributed by atoms with Gasteiger partial charge in [-0.2, -0.15) is 0 Å². The van der Waals surface area contributed by atoms with Crippen LogP contribution in [0.1, 0.15) is 23.7 Å². The zero-order valence-electron chi connectivity index (χ0n) is 8.29. The molecule has 0 unspecified atom stereocenters. The van der Waals surface area contributed by atoms with Gasteiger partial charge in [-0.1, -0.05) is 6.92 Å². The molecule has 1 aromatic rings. The highest BCUT2D eigenvalue weighted by atomic mass is 16.4. The topological polar surface area (TPSA) is 42.2 Å². The van der Waals surface area contributed by atoms with E-state index in [1.54, 1.807) is 0 Å². The summed E-state index contributed by atoms with van der Waals surface area (Å²) in [6.07, 6.45) is 3.00. The van der Waals surface area contributed by atoms with Gasteiger partial charge in [-0.25, -0.2) is 0 Å². The maximum atomic E-state index is 10.6. The lowest BCUT2D eigenvalue weighted by atomic mass is 10.1. The van der Waals surface area contributed by atoms with E-state index in [0.717, 1.165) is 12.1 Å². The van der Waals surface area contributed by atoms with E-state index >= 15 is 0 Å². The van der Waals surface area contributed by atoms with Crippen LogP contribution in [0.5, 0.6) is 0 Å². The van der Waals surface area contributed by atoms with Crippen LogP contribution in [-0.4, -0.2) is 15.6 Å². The summed E-state index contributed by atoms with van der Waals surface area (Å²) in [6.45, 7) is 4.07. The fraction of sp³-hybridized carbons (Fsp3) is 0.500.